The second-order valence-electron chi connectivity index (χ2n) is 4.64. The van der Waals surface area contributed by atoms with Crippen LogP contribution in [-0.2, 0) is 14.6 Å². The molecule has 1 aromatic carbocycles. The molecule has 1 aliphatic carbocycles. The molecule has 0 unspecified atom stereocenters. The third-order valence-electron chi connectivity index (χ3n) is 3.55. The molecule has 0 radical (unpaired) electrons. The van der Waals surface area contributed by atoms with Crippen molar-refractivity contribution in [3.8, 4) is 0 Å². The number of aliphatic carboxylic acids is 1. The summed E-state index contributed by atoms with van der Waals surface area (Å²) in [5, 5.41) is 8.55. The largest absolute Gasteiger partial charge is 0.480 e. The molecule has 0 bridgehead atoms. The van der Waals surface area contributed by atoms with Crippen molar-refractivity contribution in [2.24, 2.45) is 5.73 Å². The van der Waals surface area contributed by atoms with E-state index in [9.17, 15) is 18.3 Å². The zero-order valence-corrected chi connectivity index (χ0v) is 11.8. The van der Waals surface area contributed by atoms with E-state index >= 15 is 0 Å². The van der Waals surface area contributed by atoms with Crippen LogP contribution >= 0.6 is 11.6 Å². The summed E-state index contributed by atoms with van der Waals surface area (Å²) in [7, 11) is -3.54. The maximum Gasteiger partial charge on any atom is 0.325 e. The Balaban J connectivity index is 2.49. The van der Waals surface area contributed by atoms with E-state index in [1.165, 1.54) is 6.92 Å². The molecule has 1 saturated carbocycles. The van der Waals surface area contributed by atoms with Crippen LogP contribution in [-0.4, -0.2) is 36.0 Å². The van der Waals surface area contributed by atoms with Crippen molar-refractivity contribution in [2.45, 2.75) is 23.6 Å². The predicted molar refractivity (Wildman–Crippen MR) is 72.0 cm³/mol. The Morgan fingerprint density at radius 3 is 2.63 bits per heavy atom. The zero-order chi connectivity index (χ0) is 14.4. The summed E-state index contributed by atoms with van der Waals surface area (Å²) in [6, 6.07) is 6.48. The number of nitrogens with two attached hydrogens (primary N) is 1. The first kappa shape index (κ1) is 14.3. The van der Waals surface area contributed by atoms with Crippen LogP contribution in [0.25, 0.3) is 0 Å². The molecule has 0 spiro atoms. The van der Waals surface area contributed by atoms with Crippen molar-refractivity contribution >= 4 is 27.4 Å². The van der Waals surface area contributed by atoms with Gasteiger partial charge in [0.1, 0.15) is 5.54 Å². The molecular formula is C12H14ClNO4S. The summed E-state index contributed by atoms with van der Waals surface area (Å²) in [5.74, 6) is -2.20. The normalized spacial score (nSPS) is 30.1. The highest BCUT2D eigenvalue weighted by atomic mass is 35.5. The molecule has 1 fully saturated rings. The highest BCUT2D eigenvalue weighted by molar-refractivity contribution is 7.92. The van der Waals surface area contributed by atoms with Gasteiger partial charge in [-0.1, -0.05) is 30.7 Å². The number of sulfone groups is 1. The van der Waals surface area contributed by atoms with E-state index in [0.717, 1.165) is 0 Å². The molecule has 3 atom stereocenters. The minimum Gasteiger partial charge on any atom is -0.480 e. The number of carboxylic acids is 1. The first-order valence-electron chi connectivity index (χ1n) is 5.74. The third-order valence-corrected chi connectivity index (χ3v) is 6.02. The number of hydrogen-bond acceptors (Lipinski definition) is 4. The standard InChI is InChI=1S/C12H14ClNO4S/c1-2-19(17,18)10-9(12(10,14)11(15)16)7-4-3-5-8(13)6-7/h3-6,9-10H,2,14H2,1H3,(H,15,16)/t9-,10-,12+/m1/s1. The van der Waals surface area contributed by atoms with E-state index in [4.69, 9.17) is 17.3 Å². The Morgan fingerprint density at radius 2 is 2.16 bits per heavy atom. The maximum absolute atomic E-state index is 12.0. The second kappa shape index (κ2) is 4.47. The summed E-state index contributed by atoms with van der Waals surface area (Å²) in [6.45, 7) is 1.48. The SMILES string of the molecule is CCS(=O)(=O)[C@@H]1[C@@H](c2cccc(Cl)c2)[C@@]1(N)C(=O)O. The first-order valence-corrected chi connectivity index (χ1v) is 7.83. The molecule has 5 nitrogen and oxygen atoms in total. The van der Waals surface area contributed by atoms with E-state index in [1.807, 2.05) is 0 Å². The fraction of sp³-hybridized carbons (Fsp3) is 0.417. The number of carboxylic acid groups (broad SMARTS) is 1. The van der Waals surface area contributed by atoms with Gasteiger partial charge in [-0.3, -0.25) is 4.79 Å². The molecule has 0 saturated heterocycles. The minimum atomic E-state index is -3.54. The van der Waals surface area contributed by atoms with E-state index in [-0.39, 0.29) is 5.75 Å². The van der Waals surface area contributed by atoms with Gasteiger partial charge >= 0.3 is 5.97 Å². The van der Waals surface area contributed by atoms with Gasteiger partial charge in [0.2, 0.25) is 0 Å². The molecular weight excluding hydrogens is 290 g/mol. The van der Waals surface area contributed by atoms with Crippen LogP contribution in [0.2, 0.25) is 5.02 Å². The lowest BCUT2D eigenvalue weighted by Gasteiger charge is -2.05. The molecule has 0 aliphatic heterocycles. The second-order valence-corrected chi connectivity index (χ2v) is 7.49. The maximum atomic E-state index is 12.0. The molecule has 19 heavy (non-hydrogen) atoms. The Labute approximate surface area is 116 Å². The van der Waals surface area contributed by atoms with Crippen LogP contribution in [0.4, 0.5) is 0 Å². The molecule has 1 aromatic rings. The van der Waals surface area contributed by atoms with Gasteiger partial charge < -0.3 is 10.8 Å². The van der Waals surface area contributed by atoms with Gasteiger partial charge in [0.15, 0.2) is 9.84 Å². The Bertz CT molecular complexity index is 630. The average molecular weight is 304 g/mol. The van der Waals surface area contributed by atoms with E-state index < -0.39 is 32.5 Å². The van der Waals surface area contributed by atoms with E-state index in [2.05, 4.69) is 0 Å². The fourth-order valence-corrected chi connectivity index (χ4v) is 4.58. The van der Waals surface area contributed by atoms with Gasteiger partial charge in [0, 0.05) is 16.7 Å². The van der Waals surface area contributed by atoms with Gasteiger partial charge in [0.05, 0.1) is 5.25 Å². The quantitative estimate of drug-likeness (QED) is 0.865. The molecule has 7 heteroatoms. The lowest BCUT2D eigenvalue weighted by molar-refractivity contribution is -0.139. The molecule has 104 valence electrons. The average Bonchev–Trinajstić information content (AvgIpc) is 2.98. The van der Waals surface area contributed by atoms with Crippen LogP contribution in [0, 0.1) is 0 Å². The summed E-state index contributed by atoms with van der Waals surface area (Å²) in [6.07, 6.45) is 0. The fourth-order valence-electron chi connectivity index (χ4n) is 2.46. The number of carbonyl (C=O) groups is 1. The predicted octanol–water partition coefficient (Wildman–Crippen LogP) is 1.02. The summed E-state index contributed by atoms with van der Waals surface area (Å²) >= 11 is 5.85. The van der Waals surface area contributed by atoms with Crippen LogP contribution in [0.5, 0.6) is 0 Å². The summed E-state index contributed by atoms with van der Waals surface area (Å²) in [4.78, 5) is 11.3. The van der Waals surface area contributed by atoms with Gasteiger partial charge in [-0.25, -0.2) is 8.42 Å². The topological polar surface area (TPSA) is 97.5 Å². The molecule has 3 N–H and O–H groups in total. The number of hydrogen-bond donors (Lipinski definition) is 2. The van der Waals surface area contributed by atoms with Gasteiger partial charge in [-0.05, 0) is 17.7 Å². The molecule has 0 aromatic heterocycles. The van der Waals surface area contributed by atoms with Crippen LogP contribution in [0.15, 0.2) is 24.3 Å². The van der Waals surface area contributed by atoms with Crippen molar-refractivity contribution in [2.75, 3.05) is 5.75 Å². The Morgan fingerprint density at radius 1 is 1.53 bits per heavy atom. The highest BCUT2D eigenvalue weighted by Crippen LogP contribution is 2.54. The minimum absolute atomic E-state index is 0.138. The highest BCUT2D eigenvalue weighted by Gasteiger charge is 2.73. The molecule has 1 aliphatic rings. The number of benzene rings is 1. The van der Waals surface area contributed by atoms with Crippen LogP contribution < -0.4 is 5.73 Å². The van der Waals surface area contributed by atoms with Crippen molar-refractivity contribution < 1.29 is 18.3 Å². The van der Waals surface area contributed by atoms with Crippen molar-refractivity contribution in [1.82, 2.24) is 0 Å². The lowest BCUT2D eigenvalue weighted by Crippen LogP contribution is -2.40. The molecule has 2 rings (SSSR count). The smallest absolute Gasteiger partial charge is 0.325 e. The molecule has 0 heterocycles. The van der Waals surface area contributed by atoms with Gasteiger partial charge in [0.25, 0.3) is 0 Å². The van der Waals surface area contributed by atoms with Crippen molar-refractivity contribution in [3.05, 3.63) is 34.9 Å². The molecule has 0 amide bonds. The zero-order valence-electron chi connectivity index (χ0n) is 10.2. The van der Waals surface area contributed by atoms with Gasteiger partial charge in [-0.2, -0.15) is 0 Å². The first-order chi connectivity index (χ1) is 8.75. The van der Waals surface area contributed by atoms with Crippen LogP contribution in [0.3, 0.4) is 0 Å². The van der Waals surface area contributed by atoms with E-state index in [0.29, 0.717) is 10.6 Å². The van der Waals surface area contributed by atoms with Crippen molar-refractivity contribution in [1.29, 1.82) is 0 Å². The monoisotopic (exact) mass is 303 g/mol. The Kier molecular flexibility index (Phi) is 3.36. The van der Waals surface area contributed by atoms with Crippen molar-refractivity contribution in [3.63, 3.8) is 0 Å². The third kappa shape index (κ3) is 2.13. The van der Waals surface area contributed by atoms with Crippen LogP contribution in [0.1, 0.15) is 18.4 Å². The Hall–Kier alpha value is -1.11. The summed E-state index contributed by atoms with van der Waals surface area (Å²) < 4.78 is 23.9. The van der Waals surface area contributed by atoms with E-state index in [1.54, 1.807) is 24.3 Å². The summed E-state index contributed by atoms with van der Waals surface area (Å²) in [5.41, 5.74) is 4.58. The number of rotatable bonds is 4. The number of halogens is 1. The van der Waals surface area contributed by atoms with Gasteiger partial charge in [-0.15, -0.1) is 0 Å². The lowest BCUT2D eigenvalue weighted by atomic mass is 10.1.